The van der Waals surface area contributed by atoms with Gasteiger partial charge in [-0.1, -0.05) is 97.1 Å². The number of nitriles is 1. The van der Waals surface area contributed by atoms with Crippen LogP contribution < -0.4 is 20.7 Å². The highest BCUT2D eigenvalue weighted by molar-refractivity contribution is 7.44. The van der Waals surface area contributed by atoms with Crippen LogP contribution in [-0.4, -0.2) is 65.9 Å². The van der Waals surface area contributed by atoms with Gasteiger partial charge in [0, 0.05) is 24.7 Å². The molecule has 0 amide bonds. The largest absolute Gasteiger partial charge is 0.497 e. The van der Waals surface area contributed by atoms with E-state index in [0.29, 0.717) is 22.6 Å². The van der Waals surface area contributed by atoms with Gasteiger partial charge in [0.05, 0.1) is 51.6 Å². The second-order valence-corrected chi connectivity index (χ2v) is 19.0. The Labute approximate surface area is 396 Å². The van der Waals surface area contributed by atoms with Crippen LogP contribution in [0.2, 0.25) is 0 Å². The number of aromatic nitrogens is 2. The minimum atomic E-state index is -1.74. The maximum Gasteiger partial charge on any atom is 0.330 e. The van der Waals surface area contributed by atoms with Crippen LogP contribution in [-0.2, 0) is 24.1 Å². The Hall–Kier alpha value is -6.42. The highest BCUT2D eigenvalue weighted by Crippen LogP contribution is 2.51. The zero-order valence-electron chi connectivity index (χ0n) is 39.0. The van der Waals surface area contributed by atoms with Crippen molar-refractivity contribution < 1.29 is 28.0 Å². The van der Waals surface area contributed by atoms with Crippen molar-refractivity contribution in [2.75, 3.05) is 27.4 Å². The Morgan fingerprint density at radius 3 is 1.88 bits per heavy atom. The van der Waals surface area contributed by atoms with Gasteiger partial charge in [0.15, 0.2) is 0 Å². The molecule has 68 heavy (non-hydrogen) atoms. The van der Waals surface area contributed by atoms with E-state index in [1.807, 2.05) is 91.0 Å². The first kappa shape index (κ1) is 46.7. The smallest absolute Gasteiger partial charge is 0.330 e. The zero-order valence-corrected chi connectivity index (χ0v) is 39.9. The summed E-state index contributed by atoms with van der Waals surface area (Å²) in [5.74, 6) is 1.39. The summed E-state index contributed by atoms with van der Waals surface area (Å²) in [7, 11) is 1.52. The molecule has 1 aliphatic heterocycles. The molecule has 0 radical (unpaired) electrons. The van der Waals surface area contributed by atoms with Crippen molar-refractivity contribution >= 4 is 40.8 Å². The van der Waals surface area contributed by atoms with E-state index >= 15 is 0 Å². The number of hydrogen-bond acceptors (Lipinski definition) is 10. The molecule has 1 fully saturated rings. The summed E-state index contributed by atoms with van der Waals surface area (Å²) in [6.45, 7) is 8.50. The van der Waals surface area contributed by atoms with Crippen LogP contribution >= 0.6 is 8.53 Å². The third-order valence-corrected chi connectivity index (χ3v) is 14.9. The molecular formula is C55H55N4O8P. The van der Waals surface area contributed by atoms with Gasteiger partial charge in [-0.15, -0.1) is 0 Å². The summed E-state index contributed by atoms with van der Waals surface area (Å²) in [5.41, 5.74) is 1.23. The average Bonchev–Trinajstić information content (AvgIpc) is 3.75. The molecule has 1 unspecified atom stereocenters. The second-order valence-electron chi connectivity index (χ2n) is 17.6. The van der Waals surface area contributed by atoms with Crippen LogP contribution in [0.1, 0.15) is 63.5 Å². The molecule has 1 aromatic heterocycles. The highest BCUT2D eigenvalue weighted by Gasteiger charge is 2.45. The van der Waals surface area contributed by atoms with E-state index in [4.69, 9.17) is 28.0 Å². The van der Waals surface area contributed by atoms with Crippen molar-refractivity contribution in [1.82, 2.24) is 14.2 Å². The van der Waals surface area contributed by atoms with E-state index < -0.39 is 43.8 Å². The van der Waals surface area contributed by atoms with E-state index in [0.717, 1.165) is 43.6 Å². The number of benzene rings is 7. The van der Waals surface area contributed by atoms with Crippen LogP contribution in [0, 0.1) is 11.3 Å². The molecule has 2 heterocycles. The van der Waals surface area contributed by atoms with E-state index in [1.165, 1.54) is 9.95 Å². The summed E-state index contributed by atoms with van der Waals surface area (Å²) in [4.78, 5) is 30.5. The van der Waals surface area contributed by atoms with Crippen LogP contribution in [0.25, 0.3) is 43.4 Å². The first-order valence-electron chi connectivity index (χ1n) is 22.9. The summed E-state index contributed by atoms with van der Waals surface area (Å²) in [5, 5.41) is 16.1. The Morgan fingerprint density at radius 1 is 0.765 bits per heavy atom. The van der Waals surface area contributed by atoms with Gasteiger partial charge in [0.1, 0.15) is 29.4 Å². The normalized spacial score (nSPS) is 16.9. The molecule has 0 bridgehead atoms. The molecule has 7 aromatic carbocycles. The minimum Gasteiger partial charge on any atom is -0.497 e. The monoisotopic (exact) mass is 930 g/mol. The van der Waals surface area contributed by atoms with Gasteiger partial charge in [-0.3, -0.25) is 14.3 Å². The molecule has 1 saturated heterocycles. The topological polar surface area (TPSA) is 137 Å². The Bertz CT molecular complexity index is 3050. The maximum atomic E-state index is 14.0. The molecule has 0 spiro atoms. The maximum absolute atomic E-state index is 14.0. The van der Waals surface area contributed by atoms with Crippen molar-refractivity contribution in [3.8, 4) is 28.7 Å². The molecular weight excluding hydrogens is 876 g/mol. The highest BCUT2D eigenvalue weighted by atomic mass is 31.2. The Morgan fingerprint density at radius 2 is 1.32 bits per heavy atom. The van der Waals surface area contributed by atoms with Gasteiger partial charge in [0.25, 0.3) is 14.1 Å². The standard InChI is InChI=1S/C55H55N4O8P/c1-35(2)59(36(3)4)68(65-29-11-28-56)67-48-32-50(58-33-47(53(60)57-54(58)61)41-30-39-18-16-37-12-10-13-38-17-19-40(31-41)52(39)51(37)38)66-49(48)34-64-55(42-14-8-7-9-15-42,43-20-24-45(62-5)25-21-43)44-22-26-46(63-6)27-23-44/h7-10,12-27,30-31,33,35-36,48-50H,11,29,32,34H2,1-6H3,(H,57,60,61)/t48-,49+,50+,68?/m0/s1. The molecule has 13 heteroatoms. The molecule has 9 rings (SSSR count). The zero-order chi connectivity index (χ0) is 47.5. The van der Waals surface area contributed by atoms with Crippen LogP contribution in [0.4, 0.5) is 0 Å². The molecule has 12 nitrogen and oxygen atoms in total. The van der Waals surface area contributed by atoms with Crippen LogP contribution in [0.15, 0.2) is 149 Å². The number of hydrogen-bond donors (Lipinski definition) is 1. The summed E-state index contributed by atoms with van der Waals surface area (Å²) in [6, 6.07) is 46.5. The van der Waals surface area contributed by atoms with Gasteiger partial charge >= 0.3 is 5.69 Å². The van der Waals surface area contributed by atoms with Crippen molar-refractivity contribution in [2.45, 2.75) is 76.7 Å². The fourth-order valence-electron chi connectivity index (χ4n) is 9.64. The van der Waals surface area contributed by atoms with Gasteiger partial charge in [-0.2, -0.15) is 5.26 Å². The minimum absolute atomic E-state index is 0.000119. The average molecular weight is 931 g/mol. The lowest BCUT2D eigenvalue weighted by molar-refractivity contribution is -0.0925. The van der Waals surface area contributed by atoms with Crippen molar-refractivity contribution in [2.24, 2.45) is 0 Å². The summed E-state index contributed by atoms with van der Waals surface area (Å²) < 4.78 is 42.6. The Balaban J connectivity index is 1.14. The lowest BCUT2D eigenvalue weighted by atomic mass is 9.80. The number of nitrogens with one attached hydrogen (secondary N) is 1. The third-order valence-electron chi connectivity index (χ3n) is 12.8. The van der Waals surface area contributed by atoms with Gasteiger partial charge in [0.2, 0.25) is 0 Å². The van der Waals surface area contributed by atoms with Crippen LogP contribution in [0.5, 0.6) is 11.5 Å². The lowest BCUT2D eigenvalue weighted by Crippen LogP contribution is -2.39. The molecule has 348 valence electrons. The van der Waals surface area contributed by atoms with E-state index in [9.17, 15) is 14.9 Å². The second kappa shape index (κ2) is 20.0. The number of H-pyrrole nitrogens is 1. The molecule has 0 saturated carbocycles. The number of ether oxygens (including phenoxy) is 4. The summed E-state index contributed by atoms with van der Waals surface area (Å²) >= 11 is 0. The number of nitrogens with zero attached hydrogens (tertiary/aromatic N) is 3. The van der Waals surface area contributed by atoms with Crippen molar-refractivity contribution in [1.29, 1.82) is 5.26 Å². The number of aromatic amines is 1. The van der Waals surface area contributed by atoms with E-state index in [-0.39, 0.29) is 38.1 Å². The first-order valence-corrected chi connectivity index (χ1v) is 24.1. The Kier molecular flexibility index (Phi) is 13.8. The van der Waals surface area contributed by atoms with Crippen molar-refractivity contribution in [3.63, 3.8) is 0 Å². The fraction of sp³-hybridized carbons (Fsp3) is 0.291. The first-order chi connectivity index (χ1) is 33.0. The van der Waals surface area contributed by atoms with Crippen molar-refractivity contribution in [3.05, 3.63) is 177 Å². The molecule has 1 N–H and O–H groups in total. The molecule has 1 aliphatic rings. The van der Waals surface area contributed by atoms with Gasteiger partial charge in [-0.05, 0) is 119 Å². The molecule has 8 aromatic rings. The number of methoxy groups -OCH3 is 2. The van der Waals surface area contributed by atoms with E-state index in [1.54, 1.807) is 20.4 Å². The van der Waals surface area contributed by atoms with Crippen LogP contribution in [0.3, 0.4) is 0 Å². The lowest BCUT2D eigenvalue weighted by Gasteiger charge is -2.39. The van der Waals surface area contributed by atoms with Gasteiger partial charge < -0.3 is 28.0 Å². The summed E-state index contributed by atoms with van der Waals surface area (Å²) in [6.07, 6.45) is -0.307. The fourth-order valence-corrected chi connectivity index (χ4v) is 11.4. The predicted molar refractivity (Wildman–Crippen MR) is 267 cm³/mol. The molecule has 4 atom stereocenters. The number of rotatable bonds is 18. The third kappa shape index (κ3) is 9.02. The van der Waals surface area contributed by atoms with E-state index in [2.05, 4.69) is 85.9 Å². The predicted octanol–water partition coefficient (Wildman–Crippen LogP) is 11.1. The SMILES string of the molecule is COc1ccc(C(OC[C@H]2O[C@@H](n3cc(-c4cc5ccc6cccc7ccc(c4)c5c67)c(=O)[nH]c3=O)C[C@@H]2OP(OCCC#N)N(C(C)C)C(C)C)(c2ccccc2)c2ccc(OC)cc2)cc1. The molecule has 0 aliphatic carbocycles. The quantitative estimate of drug-likeness (QED) is 0.0383. The van der Waals surface area contributed by atoms with Gasteiger partial charge in [-0.25, -0.2) is 9.46 Å².